The van der Waals surface area contributed by atoms with Crippen molar-refractivity contribution in [2.75, 3.05) is 0 Å². The van der Waals surface area contributed by atoms with Gasteiger partial charge in [0.15, 0.2) is 0 Å². The van der Waals surface area contributed by atoms with Gasteiger partial charge in [-0.1, -0.05) is 0 Å². The Hall–Kier alpha value is -3.08. The Bertz CT molecular complexity index is 995. The number of nitrogens with zero attached hydrogens (tertiary/aromatic N) is 3. The fourth-order valence-electron chi connectivity index (χ4n) is 2.96. The highest BCUT2D eigenvalue weighted by molar-refractivity contribution is 6.09. The summed E-state index contributed by atoms with van der Waals surface area (Å²) in [5, 5.41) is 0. The molecule has 1 aliphatic carbocycles. The molecule has 0 bridgehead atoms. The Morgan fingerprint density at radius 3 is 2.67 bits per heavy atom. The van der Waals surface area contributed by atoms with Gasteiger partial charge in [-0.2, -0.15) is 0 Å². The highest BCUT2D eigenvalue weighted by Gasteiger charge is 2.19. The van der Waals surface area contributed by atoms with Gasteiger partial charge in [0.2, 0.25) is 0 Å². The van der Waals surface area contributed by atoms with E-state index in [0.29, 0.717) is 6.04 Å². The number of aromatic nitrogens is 2. The molecular weight excluding hydrogens is 336 g/mol. The summed E-state index contributed by atoms with van der Waals surface area (Å²) in [5.41, 5.74) is 10.8. The summed E-state index contributed by atoms with van der Waals surface area (Å²) in [5.74, 6) is 0.868. The first kappa shape index (κ1) is 17.3. The van der Waals surface area contributed by atoms with E-state index in [9.17, 15) is 0 Å². The maximum atomic E-state index is 5.84. The van der Waals surface area contributed by atoms with E-state index < -0.39 is 0 Å². The first-order valence-corrected chi connectivity index (χ1v) is 9.33. The maximum Gasteiger partial charge on any atom is 0.137 e. The summed E-state index contributed by atoms with van der Waals surface area (Å²) in [6, 6.07) is 12.6. The Kier molecular flexibility index (Phi) is 4.67. The molecule has 0 radical (unpaired) electrons. The van der Waals surface area contributed by atoms with Crippen LogP contribution in [-0.2, 0) is 0 Å². The van der Waals surface area contributed by atoms with Crippen LogP contribution < -0.4 is 10.5 Å². The second kappa shape index (κ2) is 7.27. The first-order chi connectivity index (χ1) is 13.1. The van der Waals surface area contributed by atoms with Crippen LogP contribution in [0.1, 0.15) is 32.3 Å². The molecule has 1 aromatic carbocycles. The van der Waals surface area contributed by atoms with Crippen LogP contribution in [0.3, 0.4) is 0 Å². The topological polar surface area (TPSA) is 64.9 Å². The van der Waals surface area contributed by atoms with Crippen molar-refractivity contribution in [2.24, 2.45) is 10.7 Å². The third-order valence-electron chi connectivity index (χ3n) is 4.51. The van der Waals surface area contributed by atoms with Gasteiger partial charge in [0.1, 0.15) is 11.4 Å². The maximum absolute atomic E-state index is 5.84. The number of nitrogens with two attached hydrogens (primary N) is 1. The minimum absolute atomic E-state index is 0.160. The molecular formula is C22H24N4O. The van der Waals surface area contributed by atoms with Gasteiger partial charge >= 0.3 is 0 Å². The zero-order chi connectivity index (χ0) is 18.8. The highest BCUT2D eigenvalue weighted by atomic mass is 16.5. The third kappa shape index (κ3) is 3.87. The molecule has 0 atom stereocenters. The van der Waals surface area contributed by atoms with Crippen LogP contribution in [0, 0.1) is 0 Å². The zero-order valence-corrected chi connectivity index (χ0v) is 15.7. The van der Waals surface area contributed by atoms with Crippen molar-refractivity contribution in [2.45, 2.75) is 38.8 Å². The van der Waals surface area contributed by atoms with Crippen LogP contribution in [0.4, 0.5) is 0 Å². The van der Waals surface area contributed by atoms with E-state index in [1.54, 1.807) is 6.20 Å². The van der Waals surface area contributed by atoms with Gasteiger partial charge in [-0.3, -0.25) is 9.39 Å². The van der Waals surface area contributed by atoms with Crippen molar-refractivity contribution in [1.82, 2.24) is 9.38 Å². The molecule has 0 aliphatic heterocycles. The zero-order valence-electron chi connectivity index (χ0n) is 15.7. The van der Waals surface area contributed by atoms with E-state index in [1.165, 1.54) is 12.8 Å². The molecule has 1 aliphatic rings. The molecule has 3 aromatic rings. The van der Waals surface area contributed by atoms with Crippen molar-refractivity contribution < 1.29 is 4.74 Å². The van der Waals surface area contributed by atoms with Gasteiger partial charge in [-0.15, -0.1) is 0 Å². The molecule has 1 saturated carbocycles. The largest absolute Gasteiger partial charge is 0.491 e. The second-order valence-electron chi connectivity index (χ2n) is 7.11. The fraction of sp³-hybridized carbons (Fsp3) is 0.273. The van der Waals surface area contributed by atoms with Crippen LogP contribution in [-0.4, -0.2) is 27.7 Å². The molecule has 138 valence electrons. The summed E-state index contributed by atoms with van der Waals surface area (Å²) < 4.78 is 7.82. The molecule has 0 spiro atoms. The second-order valence-corrected chi connectivity index (χ2v) is 7.11. The molecule has 0 amide bonds. The number of fused-ring (bicyclic) bond motifs is 1. The minimum atomic E-state index is 0.160. The average Bonchev–Trinajstić information content (AvgIpc) is 3.40. The molecule has 2 heterocycles. The summed E-state index contributed by atoms with van der Waals surface area (Å²) in [6.07, 6.45) is 9.96. The lowest BCUT2D eigenvalue weighted by Crippen LogP contribution is -2.05. The number of ether oxygens (including phenoxy) is 1. The lowest BCUT2D eigenvalue weighted by molar-refractivity contribution is 0.242. The van der Waals surface area contributed by atoms with Crippen molar-refractivity contribution in [3.8, 4) is 17.0 Å². The minimum Gasteiger partial charge on any atom is -0.491 e. The molecule has 4 rings (SSSR count). The number of rotatable bonds is 6. The van der Waals surface area contributed by atoms with Crippen LogP contribution in [0.15, 0.2) is 60.0 Å². The van der Waals surface area contributed by atoms with Gasteiger partial charge < -0.3 is 10.5 Å². The number of imidazole rings is 1. The Labute approximate surface area is 159 Å². The van der Waals surface area contributed by atoms with Crippen LogP contribution in [0.25, 0.3) is 22.5 Å². The summed E-state index contributed by atoms with van der Waals surface area (Å²) in [6.45, 7) is 4.05. The lowest BCUT2D eigenvalue weighted by atomic mass is 10.1. The molecule has 0 saturated heterocycles. The Balaban J connectivity index is 1.67. The van der Waals surface area contributed by atoms with Crippen molar-refractivity contribution >= 4 is 17.4 Å². The number of allylic oxidation sites excluding steroid dienone is 1. The molecule has 5 heteroatoms. The van der Waals surface area contributed by atoms with Gasteiger partial charge in [0.05, 0.1) is 24.0 Å². The van der Waals surface area contributed by atoms with E-state index in [1.807, 2.05) is 50.5 Å². The third-order valence-corrected chi connectivity index (χ3v) is 4.51. The standard InChI is InChI=1S/C22H24N4O/c1-15(2)27-20-8-3-16(4-9-20)21-13-25-22-10-5-17(14-26(21)22)18(11-23)12-24-19-6-7-19/h3-5,8-15,19H,6-7,23H2,1-2H3/b18-11+,24-12?. The van der Waals surface area contributed by atoms with Gasteiger partial charge in [-0.25, -0.2) is 4.98 Å². The smallest absolute Gasteiger partial charge is 0.137 e. The molecule has 2 N–H and O–H groups in total. The van der Waals surface area contributed by atoms with Crippen molar-refractivity contribution in [3.63, 3.8) is 0 Å². The van der Waals surface area contributed by atoms with E-state index >= 15 is 0 Å². The van der Waals surface area contributed by atoms with Crippen LogP contribution >= 0.6 is 0 Å². The average molecular weight is 360 g/mol. The number of pyridine rings is 1. The van der Waals surface area contributed by atoms with E-state index in [0.717, 1.165) is 33.8 Å². The highest BCUT2D eigenvalue weighted by Crippen LogP contribution is 2.26. The lowest BCUT2D eigenvalue weighted by Gasteiger charge is -2.10. The monoisotopic (exact) mass is 360 g/mol. The number of aliphatic imine (C=N–C) groups is 1. The quantitative estimate of drug-likeness (QED) is 0.666. The SMILES string of the molecule is CC(C)Oc1ccc(-c2cnc3ccc(/C(C=NC4CC4)=C/N)cn23)cc1. The van der Waals surface area contributed by atoms with Gasteiger partial charge in [0.25, 0.3) is 0 Å². The van der Waals surface area contributed by atoms with Crippen LogP contribution in [0.5, 0.6) is 5.75 Å². The molecule has 5 nitrogen and oxygen atoms in total. The van der Waals surface area contributed by atoms with Crippen LogP contribution in [0.2, 0.25) is 0 Å². The van der Waals surface area contributed by atoms with Crippen molar-refractivity contribution in [3.05, 3.63) is 60.6 Å². The van der Waals surface area contributed by atoms with E-state index in [2.05, 4.69) is 32.7 Å². The summed E-state index contributed by atoms with van der Waals surface area (Å²) >= 11 is 0. The van der Waals surface area contributed by atoms with Gasteiger partial charge in [0, 0.05) is 35.3 Å². The molecule has 1 fully saturated rings. The van der Waals surface area contributed by atoms with E-state index in [4.69, 9.17) is 10.5 Å². The molecule has 27 heavy (non-hydrogen) atoms. The number of hydrogen-bond acceptors (Lipinski definition) is 4. The fourth-order valence-corrected chi connectivity index (χ4v) is 2.96. The molecule has 2 aromatic heterocycles. The Morgan fingerprint density at radius 1 is 1.22 bits per heavy atom. The van der Waals surface area contributed by atoms with E-state index in [-0.39, 0.29) is 6.10 Å². The van der Waals surface area contributed by atoms with Crippen molar-refractivity contribution in [1.29, 1.82) is 0 Å². The summed E-state index contributed by atoms with van der Waals surface area (Å²) in [7, 11) is 0. The first-order valence-electron chi connectivity index (χ1n) is 9.33. The van der Waals surface area contributed by atoms with Gasteiger partial charge in [-0.05, 0) is 63.1 Å². The predicted octanol–water partition coefficient (Wildman–Crippen LogP) is 4.32. The number of benzene rings is 1. The Morgan fingerprint density at radius 2 is 2.00 bits per heavy atom. The predicted molar refractivity (Wildman–Crippen MR) is 110 cm³/mol. The molecule has 0 unspecified atom stereocenters. The summed E-state index contributed by atoms with van der Waals surface area (Å²) in [4.78, 5) is 9.08. The number of hydrogen-bond donors (Lipinski definition) is 1. The normalized spacial score (nSPS) is 15.1.